The number of nitrogens with one attached hydrogen (secondary N) is 1. The Bertz CT molecular complexity index is 420. The molecule has 0 saturated carbocycles. The van der Waals surface area contributed by atoms with Crippen molar-refractivity contribution in [1.82, 2.24) is 19.8 Å². The average Bonchev–Trinajstić information content (AvgIpc) is 2.87. The number of morpholine rings is 1. The van der Waals surface area contributed by atoms with Crippen molar-refractivity contribution in [2.45, 2.75) is 25.1 Å². The number of amides is 1. The second kappa shape index (κ2) is 4.70. The number of H-pyrrole nitrogens is 1. The van der Waals surface area contributed by atoms with Gasteiger partial charge in [0.2, 0.25) is 5.91 Å². The average molecular weight is 250 g/mol. The largest absolute Gasteiger partial charge is 0.366 e. The smallest absolute Gasteiger partial charge is 0.248 e. The molecular weight excluding hydrogens is 232 g/mol. The summed E-state index contributed by atoms with van der Waals surface area (Å²) in [5.74, 6) is 1.05. The second-order valence-corrected chi connectivity index (χ2v) is 4.98. The Labute approximate surface area is 106 Å². The molecule has 3 heterocycles. The first-order chi connectivity index (χ1) is 8.74. The highest BCUT2D eigenvalue weighted by Crippen LogP contribution is 2.23. The molecule has 2 fully saturated rings. The van der Waals surface area contributed by atoms with Gasteiger partial charge in [0.1, 0.15) is 12.4 Å². The number of likely N-dealkylation sites (tertiary alicyclic amines) is 1. The van der Waals surface area contributed by atoms with Gasteiger partial charge < -0.3 is 14.6 Å². The fourth-order valence-electron chi connectivity index (χ4n) is 2.75. The zero-order valence-corrected chi connectivity index (χ0v) is 10.5. The molecule has 0 radical (unpaired) electrons. The molecule has 18 heavy (non-hydrogen) atoms. The third kappa shape index (κ3) is 2.13. The number of hydrogen-bond donors (Lipinski definition) is 1. The van der Waals surface area contributed by atoms with E-state index in [4.69, 9.17) is 4.74 Å². The molecule has 0 bridgehead atoms. The molecule has 1 N–H and O–H groups in total. The number of ether oxygens (including phenoxy) is 1. The van der Waals surface area contributed by atoms with Crippen LogP contribution in [0.2, 0.25) is 0 Å². The highest BCUT2D eigenvalue weighted by atomic mass is 16.5. The van der Waals surface area contributed by atoms with Gasteiger partial charge in [-0.1, -0.05) is 0 Å². The van der Waals surface area contributed by atoms with Gasteiger partial charge in [-0.15, -0.1) is 0 Å². The number of imidazole rings is 1. The first-order valence-corrected chi connectivity index (χ1v) is 6.32. The Hall–Kier alpha value is -1.40. The fraction of sp³-hybridized carbons (Fsp3) is 0.667. The quantitative estimate of drug-likeness (QED) is 0.792. The van der Waals surface area contributed by atoms with Crippen molar-refractivity contribution in [2.75, 3.05) is 26.7 Å². The molecule has 3 rings (SSSR count). The van der Waals surface area contributed by atoms with Crippen LogP contribution in [0, 0.1) is 0 Å². The molecule has 2 aliphatic rings. The number of likely N-dealkylation sites (N-methyl/N-ethyl adjacent to an activating group) is 1. The van der Waals surface area contributed by atoms with Crippen LogP contribution in [0.3, 0.4) is 0 Å². The van der Waals surface area contributed by atoms with Gasteiger partial charge in [-0.2, -0.15) is 0 Å². The van der Waals surface area contributed by atoms with Crippen molar-refractivity contribution in [3.63, 3.8) is 0 Å². The van der Waals surface area contributed by atoms with Crippen LogP contribution in [0.5, 0.6) is 0 Å². The van der Waals surface area contributed by atoms with Crippen LogP contribution in [-0.2, 0) is 16.1 Å². The molecule has 1 amide bonds. The minimum absolute atomic E-state index is 0.0797. The summed E-state index contributed by atoms with van der Waals surface area (Å²) in [4.78, 5) is 23.1. The standard InChI is InChI=1S/C12H18N4O2/c1-15-9-6-16(7-11-13-3-4-14-11)5-2-10(9)18-8-12(15)17/h3-4,9-10H,2,5-8H2,1H3,(H,13,14)/t9-,10+/m0/s1. The highest BCUT2D eigenvalue weighted by molar-refractivity contribution is 5.78. The molecule has 0 aromatic carbocycles. The maximum absolute atomic E-state index is 11.6. The van der Waals surface area contributed by atoms with Gasteiger partial charge in [0.15, 0.2) is 0 Å². The van der Waals surface area contributed by atoms with Crippen LogP contribution < -0.4 is 0 Å². The summed E-state index contributed by atoms with van der Waals surface area (Å²) in [5, 5.41) is 0. The van der Waals surface area contributed by atoms with E-state index in [9.17, 15) is 4.79 Å². The number of fused-ring (bicyclic) bond motifs is 1. The number of hydrogen-bond acceptors (Lipinski definition) is 4. The van der Waals surface area contributed by atoms with Gasteiger partial charge in [0, 0.05) is 32.5 Å². The molecule has 6 heteroatoms. The van der Waals surface area contributed by atoms with Gasteiger partial charge in [-0.25, -0.2) is 4.98 Å². The van der Waals surface area contributed by atoms with Gasteiger partial charge in [-0.05, 0) is 6.42 Å². The maximum atomic E-state index is 11.6. The van der Waals surface area contributed by atoms with E-state index in [2.05, 4.69) is 14.9 Å². The van der Waals surface area contributed by atoms with Gasteiger partial charge in [0.25, 0.3) is 0 Å². The first kappa shape index (κ1) is 11.7. The molecule has 2 saturated heterocycles. The Morgan fingerprint density at radius 3 is 3.28 bits per heavy atom. The molecule has 1 aromatic rings. The van der Waals surface area contributed by atoms with Crippen molar-refractivity contribution >= 4 is 5.91 Å². The number of carbonyl (C=O) groups excluding carboxylic acids is 1. The lowest BCUT2D eigenvalue weighted by atomic mass is 9.99. The molecule has 6 nitrogen and oxygen atoms in total. The van der Waals surface area contributed by atoms with E-state index in [1.165, 1.54) is 0 Å². The minimum atomic E-state index is 0.0797. The van der Waals surface area contributed by atoms with E-state index in [1.807, 2.05) is 18.1 Å². The van der Waals surface area contributed by atoms with E-state index >= 15 is 0 Å². The van der Waals surface area contributed by atoms with E-state index in [0.717, 1.165) is 31.9 Å². The summed E-state index contributed by atoms with van der Waals surface area (Å²) in [7, 11) is 1.87. The van der Waals surface area contributed by atoms with Crippen molar-refractivity contribution < 1.29 is 9.53 Å². The predicted molar refractivity (Wildman–Crippen MR) is 64.8 cm³/mol. The van der Waals surface area contributed by atoms with Crippen molar-refractivity contribution in [1.29, 1.82) is 0 Å². The van der Waals surface area contributed by atoms with E-state index < -0.39 is 0 Å². The maximum Gasteiger partial charge on any atom is 0.248 e. The SMILES string of the molecule is CN1C(=O)CO[C@@H]2CCN(Cc3ncc[nH]3)C[C@@H]21. The summed E-state index contributed by atoms with van der Waals surface area (Å²) in [6, 6.07) is 0.176. The zero-order valence-electron chi connectivity index (χ0n) is 10.5. The number of rotatable bonds is 2. The summed E-state index contributed by atoms with van der Waals surface area (Å²) >= 11 is 0. The topological polar surface area (TPSA) is 61.5 Å². The fourth-order valence-corrected chi connectivity index (χ4v) is 2.75. The van der Waals surface area contributed by atoms with Crippen LogP contribution in [0.25, 0.3) is 0 Å². The van der Waals surface area contributed by atoms with Crippen molar-refractivity contribution in [2.24, 2.45) is 0 Å². The van der Waals surface area contributed by atoms with Gasteiger partial charge in [0.05, 0.1) is 18.7 Å². The predicted octanol–water partition coefficient (Wildman–Crippen LogP) is -0.159. The number of piperidine rings is 1. The van der Waals surface area contributed by atoms with E-state index in [-0.39, 0.29) is 24.7 Å². The molecule has 2 aliphatic heterocycles. The Balaban J connectivity index is 1.65. The van der Waals surface area contributed by atoms with E-state index in [1.54, 1.807) is 6.20 Å². The number of aromatic amines is 1. The summed E-state index contributed by atoms with van der Waals surface area (Å²) < 4.78 is 5.61. The van der Waals surface area contributed by atoms with Crippen LogP contribution in [0.15, 0.2) is 12.4 Å². The van der Waals surface area contributed by atoms with Crippen LogP contribution >= 0.6 is 0 Å². The molecule has 0 aliphatic carbocycles. The second-order valence-electron chi connectivity index (χ2n) is 4.98. The summed E-state index contributed by atoms with van der Waals surface area (Å²) in [6.45, 7) is 2.88. The van der Waals surface area contributed by atoms with Gasteiger partial charge in [-0.3, -0.25) is 9.69 Å². The number of nitrogens with zero attached hydrogens (tertiary/aromatic N) is 3. The Kier molecular flexibility index (Phi) is 3.05. The lowest BCUT2D eigenvalue weighted by molar-refractivity contribution is -0.160. The first-order valence-electron chi connectivity index (χ1n) is 6.32. The monoisotopic (exact) mass is 250 g/mol. The Morgan fingerprint density at radius 1 is 1.61 bits per heavy atom. The lowest BCUT2D eigenvalue weighted by Crippen LogP contribution is -2.60. The molecule has 2 atom stereocenters. The Morgan fingerprint density at radius 2 is 2.50 bits per heavy atom. The summed E-state index contributed by atoms with van der Waals surface area (Å²) in [5.41, 5.74) is 0. The number of carbonyl (C=O) groups is 1. The van der Waals surface area contributed by atoms with Crippen molar-refractivity contribution in [3.8, 4) is 0 Å². The highest BCUT2D eigenvalue weighted by Gasteiger charge is 2.38. The molecule has 98 valence electrons. The minimum Gasteiger partial charge on any atom is -0.366 e. The molecule has 0 spiro atoms. The third-order valence-corrected chi connectivity index (χ3v) is 3.84. The zero-order chi connectivity index (χ0) is 12.5. The van der Waals surface area contributed by atoms with Crippen LogP contribution in [-0.4, -0.2) is 64.6 Å². The van der Waals surface area contributed by atoms with Crippen LogP contribution in [0.4, 0.5) is 0 Å². The van der Waals surface area contributed by atoms with Crippen LogP contribution in [0.1, 0.15) is 12.2 Å². The number of aromatic nitrogens is 2. The third-order valence-electron chi connectivity index (χ3n) is 3.84. The van der Waals surface area contributed by atoms with Gasteiger partial charge >= 0.3 is 0 Å². The molecule has 1 aromatic heterocycles. The lowest BCUT2D eigenvalue weighted by Gasteiger charge is -2.45. The van der Waals surface area contributed by atoms with Crippen molar-refractivity contribution in [3.05, 3.63) is 18.2 Å². The van der Waals surface area contributed by atoms with E-state index in [0.29, 0.717) is 0 Å². The molecule has 0 unspecified atom stereocenters. The normalized spacial score (nSPS) is 29.4. The summed E-state index contributed by atoms with van der Waals surface area (Å²) in [6.07, 6.45) is 4.77. The molecular formula is C12H18N4O2.